The zero-order valence-corrected chi connectivity index (χ0v) is 20.7. The lowest BCUT2D eigenvalue weighted by atomic mass is 10.1. The van der Waals surface area contributed by atoms with Crippen molar-refractivity contribution in [1.82, 2.24) is 14.7 Å². The van der Waals surface area contributed by atoms with E-state index in [-0.39, 0.29) is 50.2 Å². The zero-order valence-electron chi connectivity index (χ0n) is 20.7. The monoisotopic (exact) mass is 503 g/mol. The van der Waals surface area contributed by atoms with Crippen molar-refractivity contribution in [3.05, 3.63) is 65.2 Å². The number of methoxy groups -OCH3 is 1. The van der Waals surface area contributed by atoms with E-state index < -0.39 is 23.6 Å². The number of hydrogen-bond acceptors (Lipinski definition) is 5. The summed E-state index contributed by atoms with van der Waals surface area (Å²) in [5, 5.41) is 0. The first-order valence-electron chi connectivity index (χ1n) is 11.8. The quantitative estimate of drug-likeness (QED) is 0.526. The molecular formula is C26H31F2N3O5. The van der Waals surface area contributed by atoms with Crippen LogP contribution >= 0.6 is 0 Å². The highest BCUT2D eigenvalue weighted by atomic mass is 19.1. The van der Waals surface area contributed by atoms with Gasteiger partial charge in [-0.05, 0) is 43.7 Å². The molecule has 1 atom stereocenters. The molecule has 1 fully saturated rings. The fourth-order valence-corrected chi connectivity index (χ4v) is 4.03. The number of carbonyl (C=O) groups is 3. The molecule has 10 heteroatoms. The molecule has 1 aliphatic heterocycles. The van der Waals surface area contributed by atoms with Crippen molar-refractivity contribution < 1.29 is 32.6 Å². The van der Waals surface area contributed by atoms with Crippen LogP contribution in [0.5, 0.6) is 5.75 Å². The molecule has 0 N–H and O–H groups in total. The van der Waals surface area contributed by atoms with Crippen LogP contribution in [0.1, 0.15) is 29.8 Å². The first-order chi connectivity index (χ1) is 17.2. The Balaban J connectivity index is 1.82. The van der Waals surface area contributed by atoms with Gasteiger partial charge in [-0.15, -0.1) is 0 Å². The fraction of sp³-hybridized carbons (Fsp3) is 0.423. The third-order valence-corrected chi connectivity index (χ3v) is 6.07. The standard InChI is InChI=1S/C26H31F2N3O5/c1-4-29(5-2)25(33)17-36-21-14-30(13-18-6-9-20(35-3)10-7-18)24(32)16-31(15-21)26(34)22-11-8-19(27)12-23(22)28/h6-12,21H,4-5,13-17H2,1-3H3. The minimum absolute atomic E-state index is 0.0357. The molecule has 0 aromatic heterocycles. The molecule has 194 valence electrons. The van der Waals surface area contributed by atoms with Crippen LogP contribution < -0.4 is 4.74 Å². The average Bonchev–Trinajstić information content (AvgIpc) is 3.02. The van der Waals surface area contributed by atoms with Gasteiger partial charge in [0.1, 0.15) is 30.5 Å². The third-order valence-electron chi connectivity index (χ3n) is 6.07. The van der Waals surface area contributed by atoms with E-state index in [2.05, 4.69) is 0 Å². The third kappa shape index (κ3) is 6.78. The highest BCUT2D eigenvalue weighted by Gasteiger charge is 2.33. The van der Waals surface area contributed by atoms with Crippen LogP contribution in [0.4, 0.5) is 8.78 Å². The maximum Gasteiger partial charge on any atom is 0.257 e. The van der Waals surface area contributed by atoms with Crippen molar-refractivity contribution in [1.29, 1.82) is 0 Å². The number of benzene rings is 2. The minimum atomic E-state index is -1.01. The molecule has 0 aliphatic carbocycles. The van der Waals surface area contributed by atoms with Crippen molar-refractivity contribution in [2.45, 2.75) is 26.5 Å². The largest absolute Gasteiger partial charge is 0.497 e. The lowest BCUT2D eigenvalue weighted by molar-refractivity contribution is -0.138. The van der Waals surface area contributed by atoms with E-state index in [0.29, 0.717) is 24.9 Å². The van der Waals surface area contributed by atoms with Crippen LogP contribution in [0.25, 0.3) is 0 Å². The number of halogens is 2. The number of rotatable bonds is 9. The Kier molecular flexibility index (Phi) is 9.35. The van der Waals surface area contributed by atoms with Crippen LogP contribution in [0, 0.1) is 11.6 Å². The van der Waals surface area contributed by atoms with Crippen molar-refractivity contribution in [3.8, 4) is 5.75 Å². The molecule has 1 saturated heterocycles. The molecule has 8 nitrogen and oxygen atoms in total. The second kappa shape index (κ2) is 12.4. The molecule has 36 heavy (non-hydrogen) atoms. The van der Waals surface area contributed by atoms with Gasteiger partial charge in [0.25, 0.3) is 5.91 Å². The second-order valence-electron chi connectivity index (χ2n) is 8.43. The van der Waals surface area contributed by atoms with Crippen LogP contribution in [0.3, 0.4) is 0 Å². The highest BCUT2D eigenvalue weighted by Crippen LogP contribution is 2.19. The average molecular weight is 504 g/mol. The molecule has 0 saturated carbocycles. The van der Waals surface area contributed by atoms with Crippen LogP contribution in [0.15, 0.2) is 42.5 Å². The Morgan fingerprint density at radius 1 is 1.06 bits per heavy atom. The number of carbonyl (C=O) groups excluding carboxylic acids is 3. The zero-order chi connectivity index (χ0) is 26.2. The predicted octanol–water partition coefficient (Wildman–Crippen LogP) is 2.71. The summed E-state index contributed by atoms with van der Waals surface area (Å²) in [7, 11) is 1.56. The predicted molar refractivity (Wildman–Crippen MR) is 128 cm³/mol. The van der Waals surface area contributed by atoms with Crippen LogP contribution in [0.2, 0.25) is 0 Å². The molecule has 1 unspecified atom stereocenters. The Morgan fingerprint density at radius 2 is 1.75 bits per heavy atom. The smallest absolute Gasteiger partial charge is 0.257 e. The normalized spacial score (nSPS) is 16.0. The van der Waals surface area contributed by atoms with Crippen LogP contribution in [-0.4, -0.2) is 85.0 Å². The SMILES string of the molecule is CCN(CC)C(=O)COC1CN(Cc2ccc(OC)cc2)C(=O)CN(C(=O)c2ccc(F)cc2F)C1. The van der Waals surface area contributed by atoms with Crippen molar-refractivity contribution in [3.63, 3.8) is 0 Å². The van der Waals surface area contributed by atoms with Crippen molar-refractivity contribution in [2.75, 3.05) is 46.4 Å². The Morgan fingerprint density at radius 3 is 2.36 bits per heavy atom. The summed E-state index contributed by atoms with van der Waals surface area (Å²) < 4.78 is 38.7. The molecule has 0 bridgehead atoms. The van der Waals surface area contributed by atoms with Crippen molar-refractivity contribution in [2.24, 2.45) is 0 Å². The van der Waals surface area contributed by atoms with Gasteiger partial charge in [0.2, 0.25) is 11.8 Å². The van der Waals surface area contributed by atoms with Gasteiger partial charge in [-0.25, -0.2) is 8.78 Å². The molecule has 3 amide bonds. The number of hydrogen-bond donors (Lipinski definition) is 0. The van der Waals surface area contributed by atoms with Gasteiger partial charge in [-0.2, -0.15) is 0 Å². The van der Waals surface area contributed by atoms with E-state index >= 15 is 0 Å². The second-order valence-corrected chi connectivity index (χ2v) is 8.43. The van der Waals surface area contributed by atoms with Gasteiger partial charge < -0.3 is 24.2 Å². The first-order valence-corrected chi connectivity index (χ1v) is 11.8. The molecule has 3 rings (SSSR count). The van der Waals surface area contributed by atoms with Crippen molar-refractivity contribution >= 4 is 17.7 Å². The molecule has 0 spiro atoms. The summed E-state index contributed by atoms with van der Waals surface area (Å²) in [5.41, 5.74) is 0.497. The van der Waals surface area contributed by atoms with Gasteiger partial charge in [-0.1, -0.05) is 12.1 Å². The summed E-state index contributed by atoms with van der Waals surface area (Å²) in [6.45, 7) is 4.59. The molecule has 1 aliphatic rings. The van der Waals surface area contributed by atoms with Gasteiger partial charge in [0, 0.05) is 38.8 Å². The number of amides is 3. The Hall–Kier alpha value is -3.53. The molecule has 2 aromatic carbocycles. The summed E-state index contributed by atoms with van der Waals surface area (Å²) in [5.74, 6) is -2.47. The topological polar surface area (TPSA) is 79.4 Å². The molecular weight excluding hydrogens is 472 g/mol. The molecule has 2 aromatic rings. The number of ether oxygens (including phenoxy) is 2. The summed E-state index contributed by atoms with van der Waals surface area (Å²) in [6, 6.07) is 9.88. The Labute approximate surface area is 209 Å². The van der Waals surface area contributed by atoms with Gasteiger partial charge in [0.05, 0.1) is 18.8 Å². The lowest BCUT2D eigenvalue weighted by Gasteiger charge is -2.26. The summed E-state index contributed by atoms with van der Waals surface area (Å²) in [6.07, 6.45) is -0.693. The summed E-state index contributed by atoms with van der Waals surface area (Å²) >= 11 is 0. The van der Waals surface area contributed by atoms with Gasteiger partial charge in [0.15, 0.2) is 0 Å². The fourth-order valence-electron chi connectivity index (χ4n) is 4.03. The first kappa shape index (κ1) is 27.1. The van der Waals surface area contributed by atoms with Gasteiger partial charge in [-0.3, -0.25) is 14.4 Å². The maximum atomic E-state index is 14.3. The maximum absolute atomic E-state index is 14.3. The lowest BCUT2D eigenvalue weighted by Crippen LogP contribution is -2.41. The van der Waals surface area contributed by atoms with E-state index in [1.807, 2.05) is 26.0 Å². The van der Waals surface area contributed by atoms with E-state index in [4.69, 9.17) is 9.47 Å². The van der Waals surface area contributed by atoms with Crippen LogP contribution in [-0.2, 0) is 20.9 Å². The molecule has 1 heterocycles. The van der Waals surface area contributed by atoms with E-state index in [0.717, 1.165) is 17.7 Å². The number of likely N-dealkylation sites (N-methyl/N-ethyl adjacent to an activating group) is 1. The van der Waals surface area contributed by atoms with E-state index in [1.54, 1.807) is 29.0 Å². The van der Waals surface area contributed by atoms with Gasteiger partial charge >= 0.3 is 0 Å². The number of nitrogens with zero attached hydrogens (tertiary/aromatic N) is 3. The Bertz CT molecular complexity index is 1080. The van der Waals surface area contributed by atoms with E-state index in [9.17, 15) is 23.2 Å². The summed E-state index contributed by atoms with van der Waals surface area (Å²) in [4.78, 5) is 43.1. The highest BCUT2D eigenvalue weighted by molar-refractivity contribution is 5.97. The molecule has 0 radical (unpaired) electrons. The van der Waals surface area contributed by atoms with E-state index in [1.165, 1.54) is 4.90 Å². The minimum Gasteiger partial charge on any atom is -0.497 e.